The minimum absolute atomic E-state index is 0. The molecule has 0 amide bonds. The van der Waals surface area contributed by atoms with Crippen LogP contribution < -0.4 is 10.6 Å². The van der Waals surface area contributed by atoms with Gasteiger partial charge in [0.2, 0.25) is 0 Å². The van der Waals surface area contributed by atoms with Crippen molar-refractivity contribution in [3.05, 3.63) is 57.8 Å². The van der Waals surface area contributed by atoms with Gasteiger partial charge in [0.1, 0.15) is 11.6 Å². The lowest BCUT2D eigenvalue weighted by molar-refractivity contribution is -0.0334. The van der Waals surface area contributed by atoms with Crippen LogP contribution in [0.1, 0.15) is 23.4 Å². The van der Waals surface area contributed by atoms with Crippen LogP contribution in [0.5, 0.6) is 0 Å². The molecule has 0 aliphatic carbocycles. The van der Waals surface area contributed by atoms with E-state index >= 15 is 0 Å². The van der Waals surface area contributed by atoms with E-state index in [0.29, 0.717) is 12.5 Å². The van der Waals surface area contributed by atoms with E-state index in [4.69, 9.17) is 4.74 Å². The zero-order chi connectivity index (χ0) is 19.9. The van der Waals surface area contributed by atoms with Crippen LogP contribution in [0.15, 0.2) is 40.7 Å². The Balaban J connectivity index is 0.00000300. The lowest BCUT2D eigenvalue weighted by atomic mass is 10.1. The molecule has 9 heteroatoms. The van der Waals surface area contributed by atoms with Crippen LogP contribution in [0.3, 0.4) is 0 Å². The number of halogens is 3. The summed E-state index contributed by atoms with van der Waals surface area (Å²) in [6.07, 6.45) is 0.199. The maximum atomic E-state index is 13.8. The molecule has 1 aliphatic rings. The van der Waals surface area contributed by atoms with Crippen molar-refractivity contribution in [3.8, 4) is 0 Å². The summed E-state index contributed by atoms with van der Waals surface area (Å²) < 4.78 is 32.8. The largest absolute Gasteiger partial charge is 0.376 e. The number of thiophene rings is 1. The van der Waals surface area contributed by atoms with Crippen molar-refractivity contribution in [1.82, 2.24) is 15.5 Å². The summed E-state index contributed by atoms with van der Waals surface area (Å²) in [7, 11) is 1.66. The number of rotatable bonds is 6. The van der Waals surface area contributed by atoms with E-state index in [9.17, 15) is 8.78 Å². The molecule has 1 fully saturated rings. The van der Waals surface area contributed by atoms with E-state index < -0.39 is 11.6 Å². The van der Waals surface area contributed by atoms with Gasteiger partial charge in [-0.3, -0.25) is 9.89 Å². The molecule has 5 nitrogen and oxygen atoms in total. The maximum Gasteiger partial charge on any atom is 0.191 e. The third-order valence-corrected chi connectivity index (χ3v) is 5.70. The van der Waals surface area contributed by atoms with E-state index in [1.807, 2.05) is 0 Å². The predicted octanol–water partition coefficient (Wildman–Crippen LogP) is 3.77. The van der Waals surface area contributed by atoms with Crippen molar-refractivity contribution in [3.63, 3.8) is 0 Å². The summed E-state index contributed by atoms with van der Waals surface area (Å²) >= 11 is 1.72. The van der Waals surface area contributed by atoms with E-state index in [0.717, 1.165) is 31.8 Å². The molecule has 0 radical (unpaired) electrons. The average molecular weight is 536 g/mol. The first-order valence-electron chi connectivity index (χ1n) is 9.34. The molecule has 2 heterocycles. The number of aliphatic imine (C=N–C) groups is 1. The highest BCUT2D eigenvalue weighted by atomic mass is 127. The number of benzene rings is 1. The standard InChI is InChI=1S/C20H26F2N4OS.HI/c1-14-13-26(7-8-27-14)18(19-4-3-9-28-19)12-25-20(23-2)24-11-15-10-16(21)5-6-17(15)22;/h3-6,9-10,14,18H,7-8,11-13H2,1-2H3,(H2,23,24,25);1H. The maximum absolute atomic E-state index is 13.8. The molecular formula is C20H27F2IN4OS. The molecule has 2 unspecified atom stereocenters. The van der Waals surface area contributed by atoms with Gasteiger partial charge in [-0.25, -0.2) is 8.78 Å². The number of hydrogen-bond acceptors (Lipinski definition) is 4. The van der Waals surface area contributed by atoms with Crippen molar-refractivity contribution >= 4 is 41.3 Å². The molecule has 0 bridgehead atoms. The van der Waals surface area contributed by atoms with Gasteiger partial charge in [0.25, 0.3) is 0 Å². The van der Waals surface area contributed by atoms with Gasteiger partial charge in [-0.15, -0.1) is 35.3 Å². The summed E-state index contributed by atoms with van der Waals surface area (Å²) in [5.41, 5.74) is 0.264. The highest BCUT2D eigenvalue weighted by molar-refractivity contribution is 14.0. The van der Waals surface area contributed by atoms with E-state index in [2.05, 4.69) is 45.0 Å². The Labute approximate surface area is 191 Å². The van der Waals surface area contributed by atoms with Gasteiger partial charge in [0, 0.05) is 43.7 Å². The van der Waals surface area contributed by atoms with Gasteiger partial charge in [0.05, 0.1) is 18.8 Å². The molecule has 1 aliphatic heterocycles. The summed E-state index contributed by atoms with van der Waals surface area (Å²) in [5, 5.41) is 8.46. The summed E-state index contributed by atoms with van der Waals surface area (Å²) in [6.45, 7) is 5.34. The SMILES string of the molecule is CN=C(NCc1cc(F)ccc1F)NCC(c1cccs1)N1CCOC(C)C1.I. The van der Waals surface area contributed by atoms with Crippen molar-refractivity contribution in [1.29, 1.82) is 0 Å². The molecule has 29 heavy (non-hydrogen) atoms. The normalized spacial score (nSPS) is 18.8. The third kappa shape index (κ3) is 6.87. The Hall–Kier alpha value is -1.30. The smallest absolute Gasteiger partial charge is 0.191 e. The highest BCUT2D eigenvalue weighted by Crippen LogP contribution is 2.26. The molecule has 2 N–H and O–H groups in total. The Bertz CT molecular complexity index is 791. The van der Waals surface area contributed by atoms with E-state index in [1.165, 1.54) is 10.9 Å². The Kier molecular flexibility index (Phi) is 9.73. The lowest BCUT2D eigenvalue weighted by Crippen LogP contribution is -2.48. The highest BCUT2D eigenvalue weighted by Gasteiger charge is 2.26. The molecule has 1 aromatic carbocycles. The Morgan fingerprint density at radius 2 is 2.17 bits per heavy atom. The van der Waals surface area contributed by atoms with Gasteiger partial charge in [-0.1, -0.05) is 6.07 Å². The van der Waals surface area contributed by atoms with Crippen LogP contribution in [-0.2, 0) is 11.3 Å². The molecule has 0 spiro atoms. The Morgan fingerprint density at radius 1 is 1.34 bits per heavy atom. The average Bonchev–Trinajstić information content (AvgIpc) is 3.21. The molecule has 2 atom stereocenters. The number of hydrogen-bond donors (Lipinski definition) is 2. The minimum atomic E-state index is -0.458. The van der Waals surface area contributed by atoms with E-state index in [1.54, 1.807) is 18.4 Å². The minimum Gasteiger partial charge on any atom is -0.376 e. The van der Waals surface area contributed by atoms with Gasteiger partial charge in [-0.2, -0.15) is 0 Å². The second-order valence-corrected chi connectivity index (χ2v) is 7.73. The predicted molar refractivity (Wildman–Crippen MR) is 124 cm³/mol. The number of nitrogens with one attached hydrogen (secondary N) is 2. The molecule has 1 aromatic heterocycles. The molecule has 2 aromatic rings. The van der Waals surface area contributed by atoms with Crippen LogP contribution in [0.25, 0.3) is 0 Å². The zero-order valence-electron chi connectivity index (χ0n) is 16.5. The first-order chi connectivity index (χ1) is 13.6. The van der Waals surface area contributed by atoms with Gasteiger partial charge in [0.15, 0.2) is 5.96 Å². The van der Waals surface area contributed by atoms with E-state index in [-0.39, 0.29) is 48.2 Å². The molecular weight excluding hydrogens is 509 g/mol. The fraction of sp³-hybridized carbons (Fsp3) is 0.450. The molecule has 1 saturated heterocycles. The first kappa shape index (κ1) is 24.0. The molecule has 3 rings (SSSR count). The van der Waals surface area contributed by atoms with Gasteiger partial charge >= 0.3 is 0 Å². The van der Waals surface area contributed by atoms with Crippen LogP contribution in [0, 0.1) is 11.6 Å². The number of guanidine groups is 1. The first-order valence-corrected chi connectivity index (χ1v) is 10.2. The van der Waals surface area contributed by atoms with Crippen molar-refractivity contribution < 1.29 is 13.5 Å². The van der Waals surface area contributed by atoms with Crippen molar-refractivity contribution in [2.24, 2.45) is 4.99 Å². The molecule has 0 saturated carbocycles. The zero-order valence-corrected chi connectivity index (χ0v) is 19.7. The topological polar surface area (TPSA) is 48.9 Å². The second kappa shape index (κ2) is 11.8. The summed E-state index contributed by atoms with van der Waals surface area (Å²) in [6, 6.07) is 7.82. The number of morpholine rings is 1. The number of nitrogens with zero attached hydrogens (tertiary/aromatic N) is 2. The van der Waals surface area contributed by atoms with Crippen LogP contribution in [0.2, 0.25) is 0 Å². The summed E-state index contributed by atoms with van der Waals surface area (Å²) in [5.74, 6) is -0.352. The fourth-order valence-electron chi connectivity index (χ4n) is 3.29. The lowest BCUT2D eigenvalue weighted by Gasteiger charge is -2.37. The van der Waals surface area contributed by atoms with Gasteiger partial charge < -0.3 is 15.4 Å². The van der Waals surface area contributed by atoms with Crippen LogP contribution in [-0.4, -0.2) is 50.3 Å². The van der Waals surface area contributed by atoms with Crippen LogP contribution in [0.4, 0.5) is 8.78 Å². The fourth-order valence-corrected chi connectivity index (χ4v) is 4.15. The van der Waals surface area contributed by atoms with Crippen molar-refractivity contribution in [2.75, 3.05) is 33.3 Å². The second-order valence-electron chi connectivity index (χ2n) is 6.75. The van der Waals surface area contributed by atoms with Gasteiger partial charge in [-0.05, 0) is 36.6 Å². The third-order valence-electron chi connectivity index (χ3n) is 4.73. The summed E-state index contributed by atoms with van der Waals surface area (Å²) in [4.78, 5) is 7.89. The quantitative estimate of drug-likeness (QED) is 0.336. The van der Waals surface area contributed by atoms with Crippen molar-refractivity contribution in [2.45, 2.75) is 25.6 Å². The molecule has 160 valence electrons. The van der Waals surface area contributed by atoms with Crippen LogP contribution >= 0.6 is 35.3 Å². The Morgan fingerprint density at radius 3 is 2.86 bits per heavy atom. The monoisotopic (exact) mass is 536 g/mol. The number of ether oxygens (including phenoxy) is 1.